The number of benzene rings is 3. The molecule has 28 heavy (non-hydrogen) atoms. The van der Waals surface area contributed by atoms with Crippen molar-refractivity contribution in [3.8, 4) is 11.5 Å². The maximum absolute atomic E-state index is 10.7. The van der Waals surface area contributed by atoms with Gasteiger partial charge in [0.2, 0.25) is 0 Å². The van der Waals surface area contributed by atoms with Crippen LogP contribution < -0.4 is 20.6 Å². The van der Waals surface area contributed by atoms with Crippen molar-refractivity contribution >= 4 is 45.6 Å². The molecule has 2 amide bonds. The van der Waals surface area contributed by atoms with E-state index in [0.29, 0.717) is 24.7 Å². The monoisotopic (exact) mass is 489 g/mol. The van der Waals surface area contributed by atoms with E-state index in [0.717, 1.165) is 14.7 Å². The lowest BCUT2D eigenvalue weighted by atomic mass is 10.1. The Morgan fingerprint density at radius 3 is 2.75 bits per heavy atom. The van der Waals surface area contributed by atoms with Crippen molar-refractivity contribution in [2.45, 2.75) is 13.5 Å². The Hall–Kier alpha value is -2.81. The molecule has 0 aliphatic rings. The molecule has 144 valence electrons. The van der Waals surface area contributed by atoms with Gasteiger partial charge in [-0.15, -0.1) is 0 Å². The normalized spacial score (nSPS) is 10.9. The Kier molecular flexibility index (Phi) is 6.70. The molecule has 3 aromatic rings. The molecule has 0 unspecified atom stereocenters. The van der Waals surface area contributed by atoms with E-state index >= 15 is 0 Å². The molecule has 0 atom stereocenters. The minimum absolute atomic E-state index is 0.425. The highest BCUT2D eigenvalue weighted by atomic mass is 127. The highest BCUT2D eigenvalue weighted by molar-refractivity contribution is 14.1. The van der Waals surface area contributed by atoms with Gasteiger partial charge in [-0.3, -0.25) is 0 Å². The third-order valence-electron chi connectivity index (χ3n) is 3.97. The minimum Gasteiger partial charge on any atom is -0.490 e. The van der Waals surface area contributed by atoms with Gasteiger partial charge in [-0.05, 0) is 63.5 Å². The van der Waals surface area contributed by atoms with Crippen LogP contribution in [-0.2, 0) is 6.61 Å². The maximum atomic E-state index is 10.7. The molecule has 0 heterocycles. The van der Waals surface area contributed by atoms with Crippen LogP contribution in [-0.4, -0.2) is 18.9 Å². The number of carbonyl (C=O) groups is 1. The van der Waals surface area contributed by atoms with Gasteiger partial charge in [0.05, 0.1) is 16.4 Å². The van der Waals surface area contributed by atoms with Crippen molar-refractivity contribution in [3.63, 3.8) is 0 Å². The van der Waals surface area contributed by atoms with Crippen molar-refractivity contribution < 1.29 is 14.3 Å². The average Bonchev–Trinajstić information content (AvgIpc) is 2.67. The number of nitrogens with one attached hydrogen (secondary N) is 1. The zero-order chi connectivity index (χ0) is 19.9. The zero-order valence-electron chi connectivity index (χ0n) is 15.3. The number of nitrogens with two attached hydrogens (primary N) is 1. The van der Waals surface area contributed by atoms with Crippen LogP contribution in [0.2, 0.25) is 0 Å². The highest BCUT2D eigenvalue weighted by Gasteiger charge is 2.13. The first kappa shape index (κ1) is 19.9. The van der Waals surface area contributed by atoms with Crippen molar-refractivity contribution in [1.82, 2.24) is 5.43 Å². The largest absolute Gasteiger partial charge is 0.490 e. The molecule has 3 aromatic carbocycles. The lowest BCUT2D eigenvalue weighted by Gasteiger charge is -2.15. The van der Waals surface area contributed by atoms with E-state index in [-0.39, 0.29) is 0 Å². The number of amides is 2. The molecule has 0 radical (unpaired) electrons. The first-order valence-corrected chi connectivity index (χ1v) is 9.80. The number of hydrazone groups is 1. The molecule has 0 spiro atoms. The lowest BCUT2D eigenvalue weighted by molar-refractivity contribution is 0.249. The van der Waals surface area contributed by atoms with Crippen LogP contribution in [0.25, 0.3) is 10.8 Å². The quantitative estimate of drug-likeness (QED) is 0.293. The predicted molar refractivity (Wildman–Crippen MR) is 119 cm³/mol. The average molecular weight is 489 g/mol. The number of nitrogens with zero attached hydrogens (tertiary/aromatic N) is 1. The highest BCUT2D eigenvalue weighted by Crippen LogP contribution is 2.35. The van der Waals surface area contributed by atoms with E-state index in [1.54, 1.807) is 0 Å². The van der Waals surface area contributed by atoms with Crippen LogP contribution in [0.1, 0.15) is 18.1 Å². The van der Waals surface area contributed by atoms with Gasteiger partial charge >= 0.3 is 6.03 Å². The predicted octanol–water partition coefficient (Wildman–Crippen LogP) is 4.42. The number of carbonyl (C=O) groups excluding carboxylic acids is 1. The standard InChI is InChI=1S/C21H20IN3O3/c1-2-27-19-11-14(12-24-25-21(23)26)10-18(22)20(19)28-13-16-8-5-7-15-6-3-4-9-17(15)16/h3-12H,2,13H2,1H3,(H3,23,25,26)/b24-12-. The Morgan fingerprint density at radius 1 is 1.18 bits per heavy atom. The third-order valence-corrected chi connectivity index (χ3v) is 4.77. The smallest absolute Gasteiger partial charge is 0.332 e. The molecule has 0 saturated heterocycles. The molecule has 0 aromatic heterocycles. The third kappa shape index (κ3) is 4.92. The summed E-state index contributed by atoms with van der Waals surface area (Å²) in [5.41, 5.74) is 9.06. The van der Waals surface area contributed by atoms with E-state index < -0.39 is 6.03 Å². The van der Waals surface area contributed by atoms with Gasteiger partial charge in [0.25, 0.3) is 0 Å². The summed E-state index contributed by atoms with van der Waals surface area (Å²) in [6.45, 7) is 2.84. The van der Waals surface area contributed by atoms with Crippen LogP contribution in [0.5, 0.6) is 11.5 Å². The van der Waals surface area contributed by atoms with E-state index in [1.807, 2.05) is 37.3 Å². The summed E-state index contributed by atoms with van der Waals surface area (Å²) < 4.78 is 12.8. The van der Waals surface area contributed by atoms with Crippen LogP contribution in [0.4, 0.5) is 4.79 Å². The van der Waals surface area contributed by atoms with Crippen molar-refractivity contribution in [3.05, 3.63) is 69.3 Å². The molecule has 3 N–H and O–H groups in total. The lowest BCUT2D eigenvalue weighted by Crippen LogP contribution is -2.24. The van der Waals surface area contributed by atoms with E-state index in [1.165, 1.54) is 17.0 Å². The summed E-state index contributed by atoms with van der Waals surface area (Å²) in [7, 11) is 0. The number of primary amides is 1. The number of ether oxygens (including phenoxy) is 2. The molecular formula is C21H20IN3O3. The first-order chi connectivity index (χ1) is 13.6. The van der Waals surface area contributed by atoms with E-state index in [2.05, 4.69) is 57.4 Å². The Balaban J connectivity index is 1.86. The van der Waals surface area contributed by atoms with Gasteiger partial charge in [0.1, 0.15) is 6.61 Å². The topological polar surface area (TPSA) is 85.9 Å². The first-order valence-electron chi connectivity index (χ1n) is 8.72. The second-order valence-electron chi connectivity index (χ2n) is 5.92. The van der Waals surface area contributed by atoms with Crippen LogP contribution in [0.3, 0.4) is 0 Å². The SMILES string of the molecule is CCOc1cc(/C=N\NC(N)=O)cc(I)c1OCc1cccc2ccccc12. The summed E-state index contributed by atoms with van der Waals surface area (Å²) in [5.74, 6) is 1.30. The molecule has 0 bridgehead atoms. The van der Waals surface area contributed by atoms with Gasteiger partial charge in [0, 0.05) is 0 Å². The fraction of sp³-hybridized carbons (Fsp3) is 0.143. The van der Waals surface area contributed by atoms with Crippen molar-refractivity contribution in [2.75, 3.05) is 6.61 Å². The molecule has 0 fully saturated rings. The number of rotatable bonds is 7. The number of halogens is 1. The number of urea groups is 1. The Labute approximate surface area is 176 Å². The number of hydrogen-bond donors (Lipinski definition) is 2. The van der Waals surface area contributed by atoms with Gasteiger partial charge in [-0.2, -0.15) is 5.10 Å². The Morgan fingerprint density at radius 2 is 1.96 bits per heavy atom. The molecular weight excluding hydrogens is 469 g/mol. The Bertz CT molecular complexity index is 1020. The molecule has 7 heteroatoms. The molecule has 3 rings (SSSR count). The van der Waals surface area contributed by atoms with Crippen LogP contribution in [0.15, 0.2) is 59.7 Å². The fourth-order valence-corrected chi connectivity index (χ4v) is 3.59. The summed E-state index contributed by atoms with van der Waals surface area (Å²) in [4.78, 5) is 10.7. The molecule has 0 aliphatic carbocycles. The van der Waals surface area contributed by atoms with Crippen molar-refractivity contribution in [1.29, 1.82) is 0 Å². The van der Waals surface area contributed by atoms with E-state index in [4.69, 9.17) is 15.2 Å². The summed E-state index contributed by atoms with van der Waals surface area (Å²) in [6.07, 6.45) is 1.50. The van der Waals surface area contributed by atoms with Gasteiger partial charge in [0.15, 0.2) is 11.5 Å². The second-order valence-corrected chi connectivity index (χ2v) is 7.09. The van der Waals surface area contributed by atoms with Crippen LogP contribution >= 0.6 is 22.6 Å². The number of hydrogen-bond acceptors (Lipinski definition) is 4. The number of fused-ring (bicyclic) bond motifs is 1. The van der Waals surface area contributed by atoms with Gasteiger partial charge in [-0.1, -0.05) is 42.5 Å². The van der Waals surface area contributed by atoms with Gasteiger partial charge in [-0.25, -0.2) is 10.2 Å². The maximum Gasteiger partial charge on any atom is 0.332 e. The molecule has 0 aliphatic heterocycles. The second kappa shape index (κ2) is 9.41. The minimum atomic E-state index is -0.717. The summed E-state index contributed by atoms with van der Waals surface area (Å²) in [5, 5.41) is 6.14. The molecule has 6 nitrogen and oxygen atoms in total. The summed E-state index contributed by atoms with van der Waals surface area (Å²) >= 11 is 2.20. The van der Waals surface area contributed by atoms with Crippen LogP contribution in [0, 0.1) is 3.57 Å². The summed E-state index contributed by atoms with van der Waals surface area (Å²) in [6, 6.07) is 17.4. The van der Waals surface area contributed by atoms with E-state index in [9.17, 15) is 4.79 Å². The zero-order valence-corrected chi connectivity index (χ0v) is 17.5. The van der Waals surface area contributed by atoms with Crippen molar-refractivity contribution in [2.24, 2.45) is 10.8 Å². The molecule has 0 saturated carbocycles. The van der Waals surface area contributed by atoms with Gasteiger partial charge < -0.3 is 15.2 Å². The fourth-order valence-electron chi connectivity index (χ4n) is 2.80.